The first-order valence-electron chi connectivity index (χ1n) is 9.47. The predicted octanol–water partition coefficient (Wildman–Crippen LogP) is 7.57. The second-order valence-corrected chi connectivity index (χ2v) is 7.04. The predicted molar refractivity (Wildman–Crippen MR) is 116 cm³/mol. The van der Waals surface area contributed by atoms with Gasteiger partial charge in [-0.15, -0.1) is 0 Å². The van der Waals surface area contributed by atoms with Crippen molar-refractivity contribution >= 4 is 38.6 Å². The van der Waals surface area contributed by atoms with Gasteiger partial charge in [-0.2, -0.15) is 0 Å². The van der Waals surface area contributed by atoms with Crippen molar-refractivity contribution in [3.63, 3.8) is 0 Å². The molecule has 28 heavy (non-hydrogen) atoms. The summed E-state index contributed by atoms with van der Waals surface area (Å²) in [4.78, 5) is 2.32. The zero-order valence-electron chi connectivity index (χ0n) is 15.2. The molecular formula is C26H17NO. The van der Waals surface area contributed by atoms with Crippen molar-refractivity contribution in [3.8, 4) is 11.5 Å². The van der Waals surface area contributed by atoms with Crippen molar-refractivity contribution in [1.29, 1.82) is 0 Å². The van der Waals surface area contributed by atoms with Crippen LogP contribution in [0.3, 0.4) is 0 Å². The highest BCUT2D eigenvalue weighted by atomic mass is 16.5. The minimum absolute atomic E-state index is 0.874. The molecule has 0 N–H and O–H groups in total. The van der Waals surface area contributed by atoms with Gasteiger partial charge in [0.15, 0.2) is 11.5 Å². The Morgan fingerprint density at radius 2 is 1.00 bits per heavy atom. The van der Waals surface area contributed by atoms with Gasteiger partial charge in [-0.05, 0) is 46.5 Å². The van der Waals surface area contributed by atoms with E-state index in [1.54, 1.807) is 0 Å². The fourth-order valence-electron chi connectivity index (χ4n) is 4.18. The maximum Gasteiger partial charge on any atom is 0.151 e. The Bertz CT molecular complexity index is 1310. The summed E-state index contributed by atoms with van der Waals surface area (Å²) < 4.78 is 6.19. The highest BCUT2D eigenvalue weighted by molar-refractivity contribution is 6.15. The third kappa shape index (κ3) is 2.15. The highest BCUT2D eigenvalue weighted by Crippen LogP contribution is 2.52. The summed E-state index contributed by atoms with van der Waals surface area (Å²) in [5.41, 5.74) is 3.28. The quantitative estimate of drug-likeness (QED) is 0.281. The van der Waals surface area contributed by atoms with Crippen LogP contribution in [0.25, 0.3) is 21.5 Å². The van der Waals surface area contributed by atoms with Gasteiger partial charge in [0.05, 0.1) is 17.1 Å². The molecule has 2 nitrogen and oxygen atoms in total. The van der Waals surface area contributed by atoms with Gasteiger partial charge in [0.1, 0.15) is 0 Å². The van der Waals surface area contributed by atoms with Crippen LogP contribution in [0, 0.1) is 0 Å². The van der Waals surface area contributed by atoms with Crippen LogP contribution < -0.4 is 9.64 Å². The van der Waals surface area contributed by atoms with Gasteiger partial charge >= 0.3 is 0 Å². The number of anilines is 3. The number of fused-ring (bicyclic) bond motifs is 5. The van der Waals surface area contributed by atoms with Crippen molar-refractivity contribution in [2.45, 2.75) is 0 Å². The van der Waals surface area contributed by atoms with Crippen LogP contribution in [0.4, 0.5) is 17.1 Å². The monoisotopic (exact) mass is 359 g/mol. The molecule has 0 amide bonds. The minimum Gasteiger partial charge on any atom is -0.453 e. The molecule has 0 fully saturated rings. The second kappa shape index (κ2) is 5.86. The molecule has 0 saturated heterocycles. The SMILES string of the molecule is c1ccc2c(c1)Oc1ccccc1N2c1cc2ccccc2c2ccccc12. The Morgan fingerprint density at radius 1 is 0.464 bits per heavy atom. The van der Waals surface area contributed by atoms with E-state index in [4.69, 9.17) is 4.74 Å². The van der Waals surface area contributed by atoms with Gasteiger partial charge in [-0.25, -0.2) is 0 Å². The molecule has 0 aromatic heterocycles. The number of hydrogen-bond acceptors (Lipinski definition) is 2. The fourth-order valence-corrected chi connectivity index (χ4v) is 4.18. The zero-order valence-corrected chi connectivity index (χ0v) is 15.2. The number of benzene rings is 5. The summed E-state index contributed by atoms with van der Waals surface area (Å²) in [6, 6.07) is 36.0. The molecule has 0 bridgehead atoms. The lowest BCUT2D eigenvalue weighted by Gasteiger charge is -2.33. The van der Waals surface area contributed by atoms with Crippen molar-refractivity contribution in [2.75, 3.05) is 4.90 Å². The van der Waals surface area contributed by atoms with Gasteiger partial charge in [0.25, 0.3) is 0 Å². The van der Waals surface area contributed by atoms with Gasteiger partial charge < -0.3 is 9.64 Å². The van der Waals surface area contributed by atoms with Crippen molar-refractivity contribution in [2.24, 2.45) is 0 Å². The van der Waals surface area contributed by atoms with E-state index >= 15 is 0 Å². The van der Waals surface area contributed by atoms with Crippen LogP contribution in [-0.4, -0.2) is 0 Å². The Labute approximate surface area is 163 Å². The standard InChI is InChI=1S/C26H17NO/c1-2-10-19-18(9-1)17-24(21-12-4-3-11-20(19)21)27-22-13-5-7-15-25(22)28-26-16-8-6-14-23(26)27/h1-17H. The fraction of sp³-hybridized carbons (Fsp3) is 0. The van der Waals surface area contributed by atoms with E-state index in [2.05, 4.69) is 83.8 Å². The number of hydrogen-bond donors (Lipinski definition) is 0. The molecule has 0 radical (unpaired) electrons. The molecule has 6 rings (SSSR count). The molecule has 5 aromatic carbocycles. The number of rotatable bonds is 1. The maximum atomic E-state index is 6.19. The summed E-state index contributed by atoms with van der Waals surface area (Å²) in [6.45, 7) is 0. The van der Waals surface area contributed by atoms with Crippen LogP contribution >= 0.6 is 0 Å². The van der Waals surface area contributed by atoms with Crippen LogP contribution in [-0.2, 0) is 0 Å². The molecule has 1 aliphatic rings. The van der Waals surface area contributed by atoms with Crippen LogP contribution in [0.15, 0.2) is 103 Å². The maximum absolute atomic E-state index is 6.19. The molecule has 1 aliphatic heterocycles. The topological polar surface area (TPSA) is 12.5 Å². The molecule has 5 aromatic rings. The summed E-state index contributed by atoms with van der Waals surface area (Å²) in [6.07, 6.45) is 0. The molecule has 0 atom stereocenters. The summed E-state index contributed by atoms with van der Waals surface area (Å²) in [7, 11) is 0. The second-order valence-electron chi connectivity index (χ2n) is 7.04. The van der Waals surface area contributed by atoms with E-state index in [0.717, 1.165) is 28.6 Å². The Morgan fingerprint density at radius 3 is 1.71 bits per heavy atom. The number of para-hydroxylation sites is 4. The van der Waals surface area contributed by atoms with Crippen LogP contribution in [0.1, 0.15) is 0 Å². The molecule has 0 unspecified atom stereocenters. The van der Waals surface area contributed by atoms with Crippen molar-refractivity contribution < 1.29 is 4.74 Å². The van der Waals surface area contributed by atoms with Crippen LogP contribution in [0.2, 0.25) is 0 Å². The summed E-state index contributed by atoms with van der Waals surface area (Å²) in [5, 5.41) is 5.00. The Hall–Kier alpha value is -3.78. The largest absolute Gasteiger partial charge is 0.453 e. The number of nitrogens with zero attached hydrogens (tertiary/aromatic N) is 1. The highest BCUT2D eigenvalue weighted by Gasteiger charge is 2.26. The van der Waals surface area contributed by atoms with E-state index in [-0.39, 0.29) is 0 Å². The molecule has 0 aliphatic carbocycles. The van der Waals surface area contributed by atoms with Crippen molar-refractivity contribution in [1.82, 2.24) is 0 Å². The van der Waals surface area contributed by atoms with E-state index < -0.39 is 0 Å². The molecule has 2 heteroatoms. The van der Waals surface area contributed by atoms with E-state index in [1.807, 2.05) is 24.3 Å². The summed E-state index contributed by atoms with van der Waals surface area (Å²) in [5.74, 6) is 1.75. The molecule has 0 spiro atoms. The average Bonchev–Trinajstić information content (AvgIpc) is 2.77. The lowest BCUT2D eigenvalue weighted by Crippen LogP contribution is -2.16. The van der Waals surface area contributed by atoms with E-state index in [9.17, 15) is 0 Å². The van der Waals surface area contributed by atoms with E-state index in [1.165, 1.54) is 21.5 Å². The van der Waals surface area contributed by atoms with Gasteiger partial charge in [-0.3, -0.25) is 0 Å². The Balaban J connectivity index is 1.75. The number of ether oxygens (including phenoxy) is 1. The van der Waals surface area contributed by atoms with Gasteiger partial charge in [0.2, 0.25) is 0 Å². The van der Waals surface area contributed by atoms with E-state index in [0.29, 0.717) is 0 Å². The van der Waals surface area contributed by atoms with Gasteiger partial charge in [-0.1, -0.05) is 72.8 Å². The Kier molecular flexibility index (Phi) is 3.20. The van der Waals surface area contributed by atoms with Crippen molar-refractivity contribution in [3.05, 3.63) is 103 Å². The first-order chi connectivity index (χ1) is 13.9. The molecule has 0 saturated carbocycles. The lowest BCUT2D eigenvalue weighted by atomic mass is 9.98. The summed E-state index contributed by atoms with van der Waals surface area (Å²) >= 11 is 0. The molecule has 132 valence electrons. The zero-order chi connectivity index (χ0) is 18.5. The smallest absolute Gasteiger partial charge is 0.151 e. The first kappa shape index (κ1) is 15.3. The molecule has 1 heterocycles. The molecular weight excluding hydrogens is 342 g/mol. The first-order valence-corrected chi connectivity index (χ1v) is 9.47. The minimum atomic E-state index is 0.874. The van der Waals surface area contributed by atoms with Crippen LogP contribution in [0.5, 0.6) is 11.5 Å². The van der Waals surface area contributed by atoms with Gasteiger partial charge in [0, 0.05) is 5.39 Å². The lowest BCUT2D eigenvalue weighted by molar-refractivity contribution is 0.477. The average molecular weight is 359 g/mol. The third-order valence-corrected chi connectivity index (χ3v) is 5.42. The normalized spacial score (nSPS) is 12.5. The third-order valence-electron chi connectivity index (χ3n) is 5.42.